The van der Waals surface area contributed by atoms with Crippen LogP contribution in [0, 0.1) is 18.2 Å². The van der Waals surface area contributed by atoms with Crippen molar-refractivity contribution in [2.75, 3.05) is 4.90 Å². The smallest absolute Gasteiger partial charge is 0.407 e. The number of esters is 1. The van der Waals surface area contributed by atoms with E-state index in [9.17, 15) is 34.2 Å². The number of amides is 4. The van der Waals surface area contributed by atoms with Crippen LogP contribution in [-0.2, 0) is 39.4 Å². The number of aromatic hydroxyl groups is 1. The van der Waals surface area contributed by atoms with Crippen LogP contribution in [0.25, 0.3) is 22.3 Å². The summed E-state index contributed by atoms with van der Waals surface area (Å²) >= 11 is 0. The van der Waals surface area contributed by atoms with Gasteiger partial charge in [0.15, 0.2) is 5.60 Å². The summed E-state index contributed by atoms with van der Waals surface area (Å²) in [6.45, 7) is 6.97. The fourth-order valence-electron chi connectivity index (χ4n) is 11.1. The van der Waals surface area contributed by atoms with E-state index in [1.807, 2.05) is 18.7 Å². The van der Waals surface area contributed by atoms with E-state index in [-0.39, 0.29) is 66.2 Å². The van der Waals surface area contributed by atoms with Crippen molar-refractivity contribution in [3.05, 3.63) is 121 Å². The number of hydrogen-bond acceptors (Lipinski definition) is 11. The number of cyclic esters (lactones) is 1. The molecule has 2 fully saturated rings. The molecule has 2 bridgehead atoms. The van der Waals surface area contributed by atoms with Crippen molar-refractivity contribution in [2.45, 2.75) is 122 Å². The number of nitrogens with one attached hydrogen (secondary N) is 2. The highest BCUT2D eigenvalue weighted by atomic mass is 19.1. The molecule has 6 N–H and O–H groups in total. The number of benzene rings is 3. The lowest BCUT2D eigenvalue weighted by Gasteiger charge is -2.39. The first kappa shape index (κ1) is 43.7. The number of carbonyl (C=O) groups excluding carboxylic acids is 4. The zero-order chi connectivity index (χ0) is 47.4. The van der Waals surface area contributed by atoms with Gasteiger partial charge in [-0.15, -0.1) is 0 Å². The van der Waals surface area contributed by atoms with Gasteiger partial charge in [-0.1, -0.05) is 20.8 Å². The summed E-state index contributed by atoms with van der Waals surface area (Å²) in [6.07, 6.45) is 2.02. The minimum Gasteiger partial charge on any atom is -0.508 e. The second-order valence-electron chi connectivity index (χ2n) is 18.6. The molecule has 4 atom stereocenters. The van der Waals surface area contributed by atoms with Gasteiger partial charge in [-0.3, -0.25) is 15.0 Å². The number of nitrogens with two attached hydrogens (primary N) is 1. The Morgan fingerprint density at radius 2 is 1.73 bits per heavy atom. The monoisotopic (exact) mass is 911 g/mol. The molecule has 67 heavy (non-hydrogen) atoms. The van der Waals surface area contributed by atoms with Crippen LogP contribution in [-0.4, -0.2) is 72.7 Å². The van der Waals surface area contributed by atoms with Gasteiger partial charge in [-0.05, 0) is 116 Å². The molecule has 10 rings (SSSR count). The second kappa shape index (κ2) is 16.0. The predicted molar refractivity (Wildman–Crippen MR) is 243 cm³/mol. The summed E-state index contributed by atoms with van der Waals surface area (Å²) in [5.41, 5.74) is 9.10. The number of aliphatic hydroxyl groups is 1. The maximum absolute atomic E-state index is 15.5. The Morgan fingerprint density at radius 1 is 1.03 bits per heavy atom. The number of fused-ring (bicyclic) bond motifs is 7. The number of amidine groups is 1. The number of anilines is 1. The maximum Gasteiger partial charge on any atom is 0.407 e. The average Bonchev–Trinajstić information content (AvgIpc) is 3.80. The van der Waals surface area contributed by atoms with E-state index in [2.05, 4.69) is 5.32 Å². The van der Waals surface area contributed by atoms with Gasteiger partial charge in [-0.25, -0.2) is 28.7 Å². The fourth-order valence-corrected chi connectivity index (χ4v) is 11.1. The van der Waals surface area contributed by atoms with Gasteiger partial charge in [0.1, 0.15) is 30.1 Å². The number of aryl methyl sites for hydroxylation is 1. The molecule has 16 nitrogen and oxygen atoms in total. The molecule has 1 aliphatic carbocycles. The predicted octanol–water partition coefficient (Wildman–Crippen LogP) is 6.82. The molecule has 2 unspecified atom stereocenters. The van der Waals surface area contributed by atoms with E-state index in [4.69, 9.17) is 25.6 Å². The highest BCUT2D eigenvalue weighted by Gasteiger charge is 2.47. The third kappa shape index (κ3) is 6.92. The number of nitrogens with zero attached hydrogens (tertiary/aromatic N) is 4. The number of halogens is 1. The van der Waals surface area contributed by atoms with Crippen molar-refractivity contribution < 1.29 is 43.3 Å². The summed E-state index contributed by atoms with van der Waals surface area (Å²) < 4.78 is 28.3. The van der Waals surface area contributed by atoms with Crippen LogP contribution in [0.2, 0.25) is 0 Å². The second-order valence-corrected chi connectivity index (χ2v) is 18.6. The van der Waals surface area contributed by atoms with Gasteiger partial charge in [0.05, 0.1) is 40.7 Å². The number of phenols is 1. The quantitative estimate of drug-likeness (QED) is 0.0638. The number of hydrogen-bond donors (Lipinski definition) is 5. The maximum atomic E-state index is 15.5. The lowest BCUT2D eigenvalue weighted by Crippen LogP contribution is -2.49. The molecule has 6 heterocycles. The number of piperidine rings is 1. The van der Waals surface area contributed by atoms with Gasteiger partial charge in [-0.2, -0.15) is 0 Å². The van der Waals surface area contributed by atoms with E-state index < -0.39 is 47.2 Å². The van der Waals surface area contributed by atoms with Crippen LogP contribution >= 0.6 is 0 Å². The molecule has 4 aliphatic heterocycles. The van der Waals surface area contributed by atoms with Crippen molar-refractivity contribution in [1.29, 1.82) is 5.41 Å². The summed E-state index contributed by atoms with van der Waals surface area (Å²) in [6, 6.07) is 12.1. The molecule has 0 saturated carbocycles. The molecule has 0 radical (unpaired) electrons. The Hall–Kier alpha value is -7.14. The summed E-state index contributed by atoms with van der Waals surface area (Å²) in [7, 11) is 0. The van der Waals surface area contributed by atoms with Crippen LogP contribution in [0.3, 0.4) is 0 Å². The molecule has 2 saturated heterocycles. The molecule has 3 aromatic carbocycles. The Labute approximate surface area is 384 Å². The van der Waals surface area contributed by atoms with Crippen LogP contribution in [0.4, 0.5) is 19.7 Å². The zero-order valence-corrected chi connectivity index (χ0v) is 37.4. The molecule has 17 heteroatoms. The van der Waals surface area contributed by atoms with Gasteiger partial charge in [0.25, 0.3) is 11.5 Å². The summed E-state index contributed by atoms with van der Waals surface area (Å²) in [5, 5.41) is 34.3. The highest BCUT2D eigenvalue weighted by Crippen LogP contribution is 2.46. The van der Waals surface area contributed by atoms with Crippen molar-refractivity contribution in [2.24, 2.45) is 5.73 Å². The first-order chi connectivity index (χ1) is 32.0. The van der Waals surface area contributed by atoms with E-state index in [1.54, 1.807) is 56.3 Å². The largest absolute Gasteiger partial charge is 0.508 e. The molecular weight excluding hydrogens is 862 g/mol. The fraction of sp³-hybridized carbons (Fsp3) is 0.380. The molecule has 4 amide bonds. The standard InChI is InChI=1S/C50H50FN7O9/c1-5-50(65)35-19-39-43-33(21-56(39)46(61)34(35)22-66-47(50)62)42-37(14-13-31-24(4)36(51)20-38(54-43)41(31)42)55-49(64)67-30-17-28-11-12-29(18-30)57(28)45(60)25-6-9-27(10-7-25)58(48(53)63)44(52)26-8-15-40(59)32(16-26)23(2)3/h6-10,15-16,19-20,23,28-30,37,52,59,65H,5,11-14,17-18,21-22H2,1-4H3,(H2,53,63)(H,55,64)/t28?,29?,30?,37-,50-/m0/s1. The minimum atomic E-state index is -2.02. The SMILES string of the molecule is CC[C@@]1(O)C(=O)OCc2c1cc1n(c2=O)Cc2c-1nc1cc(F)c(C)c3c1c2[C@@H](NC(=O)OC1CC2CCC(C1)N2C(=O)c1ccc(N(C(=N)c2ccc(O)c(C(C)C)c2)C(N)=O)cc1)CC3. The van der Waals surface area contributed by atoms with Gasteiger partial charge in [0.2, 0.25) is 0 Å². The van der Waals surface area contributed by atoms with Crippen LogP contribution in [0.5, 0.6) is 5.75 Å². The van der Waals surface area contributed by atoms with E-state index in [0.717, 1.165) is 23.3 Å². The molecule has 0 spiro atoms. The Bertz CT molecular complexity index is 3050. The van der Waals surface area contributed by atoms with Gasteiger partial charge in [0, 0.05) is 58.6 Å². The zero-order valence-electron chi connectivity index (χ0n) is 37.4. The topological polar surface area (TPSA) is 230 Å². The number of rotatable bonds is 7. The number of ether oxygens (including phenoxy) is 2. The van der Waals surface area contributed by atoms with Crippen molar-refractivity contribution in [3.63, 3.8) is 0 Å². The number of pyridine rings is 2. The van der Waals surface area contributed by atoms with Crippen LogP contribution < -0.4 is 21.5 Å². The molecular formula is C50H50FN7O9. The normalized spacial score (nSPS) is 22.2. The Balaban J connectivity index is 0.864. The number of phenolic OH excluding ortho intramolecular Hbond substituents is 1. The lowest BCUT2D eigenvalue weighted by molar-refractivity contribution is -0.172. The van der Waals surface area contributed by atoms with Crippen molar-refractivity contribution in [3.8, 4) is 17.1 Å². The number of aromatic nitrogens is 2. The van der Waals surface area contributed by atoms with E-state index in [0.29, 0.717) is 87.0 Å². The number of carbonyl (C=O) groups is 4. The average molecular weight is 912 g/mol. The van der Waals surface area contributed by atoms with Crippen molar-refractivity contribution >= 4 is 46.4 Å². The Kier molecular flexibility index (Phi) is 10.5. The van der Waals surface area contributed by atoms with E-state index >= 15 is 4.39 Å². The first-order valence-electron chi connectivity index (χ1n) is 22.7. The molecule has 5 aromatic rings. The molecule has 346 valence electrons. The first-order valence-corrected chi connectivity index (χ1v) is 22.7. The highest BCUT2D eigenvalue weighted by molar-refractivity contribution is 6.21. The lowest BCUT2D eigenvalue weighted by atomic mass is 9.81. The van der Waals surface area contributed by atoms with Gasteiger partial charge >= 0.3 is 18.1 Å². The third-order valence-electron chi connectivity index (χ3n) is 14.6. The molecule has 5 aliphatic rings. The Morgan fingerprint density at radius 3 is 2.40 bits per heavy atom. The van der Waals surface area contributed by atoms with Crippen LogP contribution in [0.1, 0.15) is 126 Å². The summed E-state index contributed by atoms with van der Waals surface area (Å²) in [5.74, 6) is -1.59. The van der Waals surface area contributed by atoms with Crippen LogP contribution in [0.15, 0.2) is 59.4 Å². The van der Waals surface area contributed by atoms with Crippen molar-refractivity contribution in [1.82, 2.24) is 19.8 Å². The third-order valence-corrected chi connectivity index (χ3v) is 14.6. The number of primary amides is 1. The number of alkyl carbamates (subject to hydrolysis) is 1. The molecule has 2 aromatic heterocycles. The van der Waals surface area contributed by atoms with E-state index in [1.165, 1.54) is 16.7 Å². The van der Waals surface area contributed by atoms with Gasteiger partial charge < -0.3 is 40.2 Å². The summed E-state index contributed by atoms with van der Waals surface area (Å²) in [4.78, 5) is 75.3. The minimum absolute atomic E-state index is 0.0201. The number of urea groups is 1.